The molecule has 0 aromatic heterocycles. The highest BCUT2D eigenvalue weighted by atomic mass is 32.2. The molecule has 1 heterocycles. The van der Waals surface area contributed by atoms with E-state index in [1.54, 1.807) is 30.3 Å². The summed E-state index contributed by atoms with van der Waals surface area (Å²) in [6.07, 6.45) is 1.87. The van der Waals surface area contributed by atoms with Crippen molar-refractivity contribution in [2.24, 2.45) is 0 Å². The van der Waals surface area contributed by atoms with E-state index >= 15 is 0 Å². The Hall–Kier alpha value is -2.38. The van der Waals surface area contributed by atoms with Crippen molar-refractivity contribution in [2.75, 3.05) is 19.7 Å². The number of hydrogen-bond donors (Lipinski definition) is 1. The third-order valence-electron chi connectivity index (χ3n) is 4.49. The topological polar surface area (TPSA) is 75.7 Å². The molecule has 1 aliphatic heterocycles. The molecular weight excluding hydrogens is 364 g/mol. The van der Waals surface area contributed by atoms with Crippen molar-refractivity contribution >= 4 is 15.9 Å². The quantitative estimate of drug-likeness (QED) is 0.705. The first-order valence-electron chi connectivity index (χ1n) is 9.11. The first kappa shape index (κ1) is 19.4. The van der Waals surface area contributed by atoms with E-state index in [9.17, 15) is 13.2 Å². The summed E-state index contributed by atoms with van der Waals surface area (Å²) in [6, 6.07) is 17.1. The van der Waals surface area contributed by atoms with E-state index in [-0.39, 0.29) is 10.8 Å². The number of hydrogen-bond acceptors (Lipinski definition) is 4. The van der Waals surface area contributed by atoms with Gasteiger partial charge >= 0.3 is 0 Å². The molecule has 1 aliphatic rings. The number of carbonyl (C=O) groups is 1. The van der Waals surface area contributed by atoms with E-state index in [1.807, 2.05) is 30.3 Å². The molecule has 6 nitrogen and oxygen atoms in total. The summed E-state index contributed by atoms with van der Waals surface area (Å²) >= 11 is 0. The van der Waals surface area contributed by atoms with Crippen LogP contribution < -0.4 is 10.1 Å². The molecule has 0 bridgehead atoms. The molecule has 1 N–H and O–H groups in total. The third-order valence-corrected chi connectivity index (χ3v) is 6.41. The van der Waals surface area contributed by atoms with Crippen molar-refractivity contribution in [3.05, 3.63) is 60.7 Å². The molecular formula is C20H24N2O4S. The molecule has 2 aromatic rings. The lowest BCUT2D eigenvalue weighted by atomic mass is 10.2. The van der Waals surface area contributed by atoms with Gasteiger partial charge in [-0.15, -0.1) is 0 Å². The molecule has 1 fully saturated rings. The highest BCUT2D eigenvalue weighted by Crippen LogP contribution is 2.26. The fourth-order valence-electron chi connectivity index (χ4n) is 3.13. The van der Waals surface area contributed by atoms with Crippen LogP contribution in [-0.2, 0) is 14.8 Å². The van der Waals surface area contributed by atoms with Crippen molar-refractivity contribution in [2.45, 2.75) is 30.2 Å². The third kappa shape index (κ3) is 4.87. The predicted octanol–water partition coefficient (Wildman–Crippen LogP) is 2.43. The van der Waals surface area contributed by atoms with Crippen molar-refractivity contribution < 1.29 is 17.9 Å². The average Bonchev–Trinajstić information content (AvgIpc) is 3.20. The van der Waals surface area contributed by atoms with Crippen LogP contribution in [0.4, 0.5) is 0 Å². The fraction of sp³-hybridized carbons (Fsp3) is 0.350. The Morgan fingerprint density at radius 1 is 1.07 bits per heavy atom. The molecule has 1 atom stereocenters. The standard InChI is InChI=1S/C20H24N2O4S/c23-20(21-14-8-16-26-17-9-3-1-4-10-17)19-13-7-15-22(19)27(24,25)18-11-5-2-6-12-18/h1-6,9-12,19H,7-8,13-16H2,(H,21,23). The van der Waals surface area contributed by atoms with E-state index < -0.39 is 16.1 Å². The number of ether oxygens (including phenoxy) is 1. The second kappa shape index (κ2) is 9.01. The summed E-state index contributed by atoms with van der Waals surface area (Å²) in [5.74, 6) is 0.548. The fourth-order valence-corrected chi connectivity index (χ4v) is 4.80. The Kier molecular flexibility index (Phi) is 6.47. The molecule has 1 amide bonds. The van der Waals surface area contributed by atoms with E-state index in [0.717, 1.165) is 5.75 Å². The van der Waals surface area contributed by atoms with E-state index in [1.165, 1.54) is 4.31 Å². The van der Waals surface area contributed by atoms with Gasteiger partial charge in [-0.1, -0.05) is 36.4 Å². The van der Waals surface area contributed by atoms with Crippen LogP contribution in [0.5, 0.6) is 5.75 Å². The van der Waals surface area contributed by atoms with Gasteiger partial charge in [0, 0.05) is 13.1 Å². The second-order valence-electron chi connectivity index (χ2n) is 6.39. The smallest absolute Gasteiger partial charge is 0.243 e. The van der Waals surface area contributed by atoms with Gasteiger partial charge in [0.25, 0.3) is 0 Å². The molecule has 1 unspecified atom stereocenters. The molecule has 27 heavy (non-hydrogen) atoms. The Balaban J connectivity index is 1.50. The number of nitrogens with one attached hydrogen (secondary N) is 1. The summed E-state index contributed by atoms with van der Waals surface area (Å²) in [4.78, 5) is 12.7. The molecule has 0 aliphatic carbocycles. The molecule has 7 heteroatoms. The lowest BCUT2D eigenvalue weighted by Gasteiger charge is -2.23. The van der Waals surface area contributed by atoms with Gasteiger partial charge in [0.15, 0.2) is 0 Å². The largest absolute Gasteiger partial charge is 0.494 e. The first-order valence-corrected chi connectivity index (χ1v) is 10.6. The minimum Gasteiger partial charge on any atom is -0.494 e. The summed E-state index contributed by atoms with van der Waals surface area (Å²) in [5.41, 5.74) is 0. The van der Waals surface area contributed by atoms with Gasteiger partial charge in [0.1, 0.15) is 11.8 Å². The second-order valence-corrected chi connectivity index (χ2v) is 8.28. The summed E-state index contributed by atoms with van der Waals surface area (Å²) in [6.45, 7) is 1.30. The molecule has 0 radical (unpaired) electrons. The van der Waals surface area contributed by atoms with Gasteiger partial charge in [0.2, 0.25) is 15.9 Å². The first-order chi connectivity index (χ1) is 13.1. The molecule has 3 rings (SSSR count). The Morgan fingerprint density at radius 3 is 2.44 bits per heavy atom. The zero-order valence-corrected chi connectivity index (χ0v) is 15.9. The SMILES string of the molecule is O=C(NCCCOc1ccccc1)C1CCCN1S(=O)(=O)c1ccccc1. The lowest BCUT2D eigenvalue weighted by Crippen LogP contribution is -2.46. The predicted molar refractivity (Wildman–Crippen MR) is 103 cm³/mol. The van der Waals surface area contributed by atoms with Gasteiger partial charge in [-0.3, -0.25) is 4.79 Å². The van der Waals surface area contributed by atoms with Crippen LogP contribution in [0.2, 0.25) is 0 Å². The van der Waals surface area contributed by atoms with Crippen molar-refractivity contribution in [3.8, 4) is 5.75 Å². The van der Waals surface area contributed by atoms with Crippen LogP contribution in [0, 0.1) is 0 Å². The molecule has 144 valence electrons. The van der Waals surface area contributed by atoms with Crippen molar-refractivity contribution in [1.82, 2.24) is 9.62 Å². The van der Waals surface area contributed by atoms with Crippen LogP contribution in [-0.4, -0.2) is 44.4 Å². The molecule has 0 spiro atoms. The minimum atomic E-state index is -3.66. The molecule has 2 aromatic carbocycles. The number of sulfonamides is 1. The van der Waals surface area contributed by atoms with Crippen molar-refractivity contribution in [1.29, 1.82) is 0 Å². The van der Waals surface area contributed by atoms with Gasteiger partial charge in [0.05, 0.1) is 11.5 Å². The normalized spacial score (nSPS) is 17.6. The number of nitrogens with zero attached hydrogens (tertiary/aromatic N) is 1. The minimum absolute atomic E-state index is 0.223. The number of carbonyl (C=O) groups excluding carboxylic acids is 1. The van der Waals surface area contributed by atoms with Crippen LogP contribution in [0.15, 0.2) is 65.6 Å². The zero-order valence-electron chi connectivity index (χ0n) is 15.1. The molecule has 1 saturated heterocycles. The van der Waals surface area contributed by atoms with Crippen LogP contribution >= 0.6 is 0 Å². The number of para-hydroxylation sites is 1. The van der Waals surface area contributed by atoms with E-state index in [0.29, 0.717) is 39.0 Å². The number of rotatable bonds is 8. The zero-order chi connectivity index (χ0) is 19.1. The summed E-state index contributed by atoms with van der Waals surface area (Å²) < 4.78 is 32.5. The summed E-state index contributed by atoms with van der Waals surface area (Å²) in [7, 11) is -3.66. The van der Waals surface area contributed by atoms with Gasteiger partial charge in [-0.05, 0) is 43.5 Å². The van der Waals surface area contributed by atoms with Crippen molar-refractivity contribution in [3.63, 3.8) is 0 Å². The van der Waals surface area contributed by atoms with Crippen LogP contribution in [0.25, 0.3) is 0 Å². The van der Waals surface area contributed by atoms with Crippen LogP contribution in [0.1, 0.15) is 19.3 Å². The van der Waals surface area contributed by atoms with E-state index in [4.69, 9.17) is 4.74 Å². The van der Waals surface area contributed by atoms with E-state index in [2.05, 4.69) is 5.32 Å². The van der Waals surface area contributed by atoms with Gasteiger partial charge in [-0.2, -0.15) is 4.31 Å². The Labute approximate surface area is 160 Å². The number of benzene rings is 2. The maximum Gasteiger partial charge on any atom is 0.243 e. The van der Waals surface area contributed by atoms with Gasteiger partial charge in [-0.25, -0.2) is 8.42 Å². The highest BCUT2D eigenvalue weighted by Gasteiger charge is 2.39. The lowest BCUT2D eigenvalue weighted by molar-refractivity contribution is -0.124. The Morgan fingerprint density at radius 2 is 1.74 bits per heavy atom. The average molecular weight is 388 g/mol. The monoisotopic (exact) mass is 388 g/mol. The number of amides is 1. The van der Waals surface area contributed by atoms with Gasteiger partial charge < -0.3 is 10.1 Å². The summed E-state index contributed by atoms with van der Waals surface area (Å²) in [5, 5.41) is 2.84. The maximum atomic E-state index is 12.8. The maximum absolute atomic E-state index is 12.8. The molecule has 0 saturated carbocycles. The Bertz CT molecular complexity index is 841. The highest BCUT2D eigenvalue weighted by molar-refractivity contribution is 7.89. The van der Waals surface area contributed by atoms with Crippen LogP contribution in [0.3, 0.4) is 0 Å².